The molecule has 108 valence electrons. The lowest BCUT2D eigenvalue weighted by Gasteiger charge is -2.07. The first-order chi connectivity index (χ1) is 9.51. The summed E-state index contributed by atoms with van der Waals surface area (Å²) < 4.78 is 31.3. The van der Waals surface area contributed by atoms with Crippen molar-refractivity contribution in [2.75, 3.05) is 7.05 Å². The third kappa shape index (κ3) is 3.19. The lowest BCUT2D eigenvalue weighted by molar-refractivity contribution is 0.363. The van der Waals surface area contributed by atoms with Gasteiger partial charge in [-0.2, -0.15) is 4.98 Å². The van der Waals surface area contributed by atoms with E-state index in [1.54, 1.807) is 0 Å². The second-order valence-electron chi connectivity index (χ2n) is 4.84. The van der Waals surface area contributed by atoms with E-state index < -0.39 is 11.6 Å². The van der Waals surface area contributed by atoms with Crippen LogP contribution in [0.3, 0.4) is 0 Å². The largest absolute Gasteiger partial charge is 0.339 e. The van der Waals surface area contributed by atoms with E-state index in [4.69, 9.17) is 4.52 Å². The summed E-state index contributed by atoms with van der Waals surface area (Å²) in [5.74, 6) is -1.03. The number of rotatable bonds is 5. The Morgan fingerprint density at radius 2 is 2.00 bits per heavy atom. The first-order valence-electron chi connectivity index (χ1n) is 6.46. The molecule has 6 heteroatoms. The molecule has 2 unspecified atom stereocenters. The van der Waals surface area contributed by atoms with Crippen molar-refractivity contribution >= 4 is 0 Å². The summed E-state index contributed by atoms with van der Waals surface area (Å²) in [6, 6.07) is 4.00. The number of hydrogen-bond donors (Lipinski definition) is 1. The van der Waals surface area contributed by atoms with Gasteiger partial charge in [0, 0.05) is 12.5 Å². The summed E-state index contributed by atoms with van der Waals surface area (Å²) in [5, 5.41) is 6.98. The van der Waals surface area contributed by atoms with Crippen LogP contribution in [0.2, 0.25) is 0 Å². The fraction of sp³-hybridized carbons (Fsp3) is 0.429. The summed E-state index contributed by atoms with van der Waals surface area (Å²) in [4.78, 5) is 4.29. The smallest absolute Gasteiger partial charge is 0.233 e. The molecule has 0 aliphatic carbocycles. The SMILES string of the molecule is CNC(C)Cc1noc(C(C)c2ccc(F)c(F)c2)n1. The van der Waals surface area contributed by atoms with E-state index in [1.165, 1.54) is 6.07 Å². The molecular formula is C14H17F2N3O. The molecule has 1 aromatic carbocycles. The first-order valence-corrected chi connectivity index (χ1v) is 6.46. The van der Waals surface area contributed by atoms with Crippen molar-refractivity contribution in [1.82, 2.24) is 15.5 Å². The quantitative estimate of drug-likeness (QED) is 0.915. The van der Waals surface area contributed by atoms with Crippen molar-refractivity contribution in [1.29, 1.82) is 0 Å². The number of halogens is 2. The standard InChI is InChI=1S/C14H17F2N3O/c1-8(17-3)6-13-18-14(20-19-13)9(2)10-4-5-11(15)12(16)7-10/h4-5,7-9,17H,6H2,1-3H3. The summed E-state index contributed by atoms with van der Waals surface area (Å²) in [6.45, 7) is 3.82. The molecular weight excluding hydrogens is 264 g/mol. The molecule has 0 spiro atoms. The number of nitrogens with one attached hydrogen (secondary N) is 1. The van der Waals surface area contributed by atoms with Gasteiger partial charge in [0.25, 0.3) is 0 Å². The number of nitrogens with zero attached hydrogens (tertiary/aromatic N) is 2. The second-order valence-corrected chi connectivity index (χ2v) is 4.84. The monoisotopic (exact) mass is 281 g/mol. The minimum absolute atomic E-state index is 0.235. The molecule has 2 atom stereocenters. The van der Waals surface area contributed by atoms with Gasteiger partial charge in [0.2, 0.25) is 5.89 Å². The first kappa shape index (κ1) is 14.6. The van der Waals surface area contributed by atoms with Gasteiger partial charge >= 0.3 is 0 Å². The Hall–Kier alpha value is -1.82. The van der Waals surface area contributed by atoms with Crippen molar-refractivity contribution in [2.45, 2.75) is 32.2 Å². The van der Waals surface area contributed by atoms with Crippen LogP contribution in [0.25, 0.3) is 0 Å². The second kappa shape index (κ2) is 6.09. The van der Waals surface area contributed by atoms with Crippen LogP contribution in [0.5, 0.6) is 0 Å². The fourth-order valence-electron chi connectivity index (χ4n) is 1.83. The Bertz CT molecular complexity index is 586. The van der Waals surface area contributed by atoms with Crippen molar-refractivity contribution in [3.63, 3.8) is 0 Å². The van der Waals surface area contributed by atoms with Gasteiger partial charge in [0.15, 0.2) is 17.5 Å². The molecule has 2 rings (SSSR count). The molecule has 0 radical (unpaired) electrons. The Morgan fingerprint density at radius 1 is 1.25 bits per heavy atom. The maximum absolute atomic E-state index is 13.2. The van der Waals surface area contributed by atoms with E-state index in [2.05, 4.69) is 15.5 Å². The van der Waals surface area contributed by atoms with Gasteiger partial charge in [-0.05, 0) is 38.6 Å². The maximum atomic E-state index is 13.2. The topological polar surface area (TPSA) is 51.0 Å². The average Bonchev–Trinajstić information content (AvgIpc) is 2.89. The molecule has 1 N–H and O–H groups in total. The van der Waals surface area contributed by atoms with Crippen molar-refractivity contribution in [2.24, 2.45) is 0 Å². The van der Waals surface area contributed by atoms with E-state index >= 15 is 0 Å². The Labute approximate surface area is 116 Å². The molecule has 0 bridgehead atoms. The van der Waals surface area contributed by atoms with E-state index in [9.17, 15) is 8.78 Å². The average molecular weight is 281 g/mol. The zero-order valence-corrected chi connectivity index (χ0v) is 11.7. The minimum Gasteiger partial charge on any atom is -0.339 e. The molecule has 0 fully saturated rings. The highest BCUT2D eigenvalue weighted by atomic mass is 19.2. The number of aromatic nitrogens is 2. The van der Waals surface area contributed by atoms with Crippen molar-refractivity contribution in [3.8, 4) is 0 Å². The third-order valence-corrected chi connectivity index (χ3v) is 3.28. The Kier molecular flexibility index (Phi) is 4.44. The van der Waals surface area contributed by atoms with Crippen LogP contribution in [0, 0.1) is 11.6 Å². The van der Waals surface area contributed by atoms with Gasteiger partial charge < -0.3 is 9.84 Å². The summed E-state index contributed by atoms with van der Waals surface area (Å²) in [5.41, 5.74) is 0.598. The van der Waals surface area contributed by atoms with Crippen molar-refractivity contribution < 1.29 is 13.3 Å². The van der Waals surface area contributed by atoms with Crippen LogP contribution < -0.4 is 5.32 Å². The maximum Gasteiger partial charge on any atom is 0.233 e. The van der Waals surface area contributed by atoms with Gasteiger partial charge in [-0.1, -0.05) is 11.2 Å². The van der Waals surface area contributed by atoms with E-state index in [-0.39, 0.29) is 12.0 Å². The lowest BCUT2D eigenvalue weighted by Crippen LogP contribution is -2.24. The molecule has 4 nitrogen and oxygen atoms in total. The zero-order chi connectivity index (χ0) is 14.7. The molecule has 2 aromatic rings. The summed E-state index contributed by atoms with van der Waals surface area (Å²) >= 11 is 0. The van der Waals surface area contributed by atoms with E-state index in [1.807, 2.05) is 20.9 Å². The molecule has 0 saturated heterocycles. The van der Waals surface area contributed by atoms with Crippen LogP contribution in [-0.4, -0.2) is 23.2 Å². The molecule has 0 saturated carbocycles. The summed E-state index contributed by atoms with van der Waals surface area (Å²) in [6.07, 6.45) is 0.643. The molecule has 0 aliphatic rings. The van der Waals surface area contributed by atoms with Gasteiger partial charge in [-0.25, -0.2) is 8.78 Å². The molecule has 1 heterocycles. The minimum atomic E-state index is -0.877. The van der Waals surface area contributed by atoms with Crippen LogP contribution in [-0.2, 0) is 6.42 Å². The highest BCUT2D eigenvalue weighted by Crippen LogP contribution is 2.24. The van der Waals surface area contributed by atoms with Gasteiger partial charge in [0.1, 0.15) is 0 Å². The number of hydrogen-bond acceptors (Lipinski definition) is 4. The van der Waals surface area contributed by atoms with Gasteiger partial charge in [-0.15, -0.1) is 0 Å². The normalized spacial score (nSPS) is 14.2. The third-order valence-electron chi connectivity index (χ3n) is 3.28. The van der Waals surface area contributed by atoms with E-state index in [0.717, 1.165) is 12.1 Å². The van der Waals surface area contributed by atoms with Crippen LogP contribution >= 0.6 is 0 Å². The fourth-order valence-corrected chi connectivity index (χ4v) is 1.83. The summed E-state index contributed by atoms with van der Waals surface area (Å²) in [7, 11) is 1.86. The molecule has 20 heavy (non-hydrogen) atoms. The predicted octanol–water partition coefficient (Wildman–Crippen LogP) is 2.65. The Balaban J connectivity index is 2.16. The molecule has 0 amide bonds. The van der Waals surface area contributed by atoms with Gasteiger partial charge in [-0.3, -0.25) is 0 Å². The lowest BCUT2D eigenvalue weighted by atomic mass is 10.0. The van der Waals surface area contributed by atoms with Crippen LogP contribution in [0.4, 0.5) is 8.78 Å². The van der Waals surface area contributed by atoms with E-state index in [0.29, 0.717) is 23.7 Å². The van der Waals surface area contributed by atoms with Crippen molar-refractivity contribution in [3.05, 3.63) is 47.1 Å². The van der Waals surface area contributed by atoms with Crippen LogP contribution in [0.15, 0.2) is 22.7 Å². The number of benzene rings is 1. The predicted molar refractivity (Wildman–Crippen MR) is 70.4 cm³/mol. The highest BCUT2D eigenvalue weighted by molar-refractivity contribution is 5.25. The molecule has 0 aliphatic heterocycles. The van der Waals surface area contributed by atoms with Gasteiger partial charge in [0.05, 0.1) is 5.92 Å². The molecule has 1 aromatic heterocycles. The van der Waals surface area contributed by atoms with Crippen LogP contribution in [0.1, 0.15) is 37.0 Å². The Morgan fingerprint density at radius 3 is 2.65 bits per heavy atom. The highest BCUT2D eigenvalue weighted by Gasteiger charge is 2.18. The zero-order valence-electron chi connectivity index (χ0n) is 11.7. The number of likely N-dealkylation sites (N-methyl/N-ethyl adjacent to an activating group) is 1.